The van der Waals surface area contributed by atoms with Gasteiger partial charge in [-0.1, -0.05) is 0 Å². The topological polar surface area (TPSA) is 101 Å². The van der Waals surface area contributed by atoms with E-state index in [0.717, 1.165) is 12.1 Å². The smallest absolute Gasteiger partial charge is 0.249 e. The minimum absolute atomic E-state index is 0.0360. The van der Waals surface area contributed by atoms with Crippen LogP contribution in [0.25, 0.3) is 10.9 Å². The number of methoxy groups -OCH3 is 1. The highest BCUT2D eigenvalue weighted by molar-refractivity contribution is 7.99. The molecule has 1 aromatic heterocycles. The van der Waals surface area contributed by atoms with E-state index >= 15 is 4.39 Å². The summed E-state index contributed by atoms with van der Waals surface area (Å²) in [6.07, 6.45) is 1.17. The SMILES string of the molecule is COc1ccc2ncc(CN)c(C(F)CCC3(C(=O)NO)CCN(CCSc4cc(F)c(F)c(F)c4)CC3)c2c1. The summed E-state index contributed by atoms with van der Waals surface area (Å²) in [7, 11) is 1.53. The molecule has 1 amide bonds. The average Bonchev–Trinajstić information content (AvgIpc) is 2.97. The second-order valence-corrected chi connectivity index (χ2v) is 11.1. The zero-order valence-corrected chi connectivity index (χ0v) is 22.9. The maximum atomic E-state index is 15.9. The molecule has 1 saturated heterocycles. The largest absolute Gasteiger partial charge is 0.497 e. The van der Waals surface area contributed by atoms with Gasteiger partial charge in [0.1, 0.15) is 11.9 Å². The summed E-state index contributed by atoms with van der Waals surface area (Å²) in [5.74, 6) is -3.45. The molecule has 0 aliphatic carbocycles. The molecule has 0 spiro atoms. The molecule has 0 saturated carbocycles. The molecule has 0 bridgehead atoms. The van der Waals surface area contributed by atoms with E-state index in [1.807, 2.05) is 0 Å². The summed E-state index contributed by atoms with van der Waals surface area (Å²) in [5, 5.41) is 10.1. The van der Waals surface area contributed by atoms with E-state index < -0.39 is 34.9 Å². The fourth-order valence-electron chi connectivity index (χ4n) is 5.26. The van der Waals surface area contributed by atoms with Gasteiger partial charge in [0.15, 0.2) is 17.5 Å². The zero-order chi connectivity index (χ0) is 28.9. The fourth-order valence-corrected chi connectivity index (χ4v) is 6.22. The van der Waals surface area contributed by atoms with Crippen molar-refractivity contribution >= 4 is 28.6 Å². The number of ether oxygens (including phenoxy) is 1. The number of pyridine rings is 1. The number of hydrogen-bond donors (Lipinski definition) is 3. The number of likely N-dealkylation sites (tertiary alicyclic amines) is 1. The van der Waals surface area contributed by atoms with Crippen LogP contribution in [-0.2, 0) is 11.3 Å². The van der Waals surface area contributed by atoms with Crippen molar-refractivity contribution in [3.05, 3.63) is 65.1 Å². The molecule has 1 aliphatic rings. The number of hydroxylamine groups is 1. The Morgan fingerprint density at radius 1 is 1.23 bits per heavy atom. The second-order valence-electron chi connectivity index (χ2n) is 9.90. The third-order valence-electron chi connectivity index (χ3n) is 7.64. The molecular formula is C28H32F4N4O3S. The maximum absolute atomic E-state index is 15.9. The first-order valence-corrected chi connectivity index (χ1v) is 13.9. The van der Waals surface area contributed by atoms with Crippen LogP contribution in [0.5, 0.6) is 5.75 Å². The molecule has 4 N–H and O–H groups in total. The van der Waals surface area contributed by atoms with Crippen molar-refractivity contribution < 1.29 is 32.3 Å². The minimum atomic E-state index is -1.49. The van der Waals surface area contributed by atoms with Gasteiger partial charge < -0.3 is 15.4 Å². The van der Waals surface area contributed by atoms with Gasteiger partial charge >= 0.3 is 0 Å². The zero-order valence-electron chi connectivity index (χ0n) is 22.1. The van der Waals surface area contributed by atoms with Crippen molar-refractivity contribution in [1.29, 1.82) is 0 Å². The Bertz CT molecular complexity index is 1330. The van der Waals surface area contributed by atoms with Crippen LogP contribution in [0.4, 0.5) is 17.6 Å². The molecule has 2 heterocycles. The Morgan fingerprint density at radius 2 is 1.93 bits per heavy atom. The highest BCUT2D eigenvalue weighted by Gasteiger charge is 2.41. The Morgan fingerprint density at radius 3 is 2.55 bits per heavy atom. The molecule has 12 heteroatoms. The van der Waals surface area contributed by atoms with Crippen LogP contribution < -0.4 is 16.0 Å². The lowest BCUT2D eigenvalue weighted by atomic mass is 9.73. The molecule has 1 fully saturated rings. The number of benzene rings is 2. The molecule has 3 aromatic rings. The minimum Gasteiger partial charge on any atom is -0.497 e. The Hall–Kier alpha value is -2.93. The number of fused-ring (bicyclic) bond motifs is 1. The maximum Gasteiger partial charge on any atom is 0.249 e. The number of nitrogens with two attached hydrogens (primary N) is 1. The van der Waals surface area contributed by atoms with Gasteiger partial charge in [-0.15, -0.1) is 11.8 Å². The average molecular weight is 581 g/mol. The highest BCUT2D eigenvalue weighted by atomic mass is 32.2. The lowest BCUT2D eigenvalue weighted by Crippen LogP contribution is -2.48. The predicted octanol–water partition coefficient (Wildman–Crippen LogP) is 5.29. The summed E-state index contributed by atoms with van der Waals surface area (Å²) < 4.78 is 61.3. The Labute approximate surface area is 234 Å². The summed E-state index contributed by atoms with van der Waals surface area (Å²) in [6.45, 7) is 1.70. The van der Waals surface area contributed by atoms with E-state index in [1.54, 1.807) is 29.9 Å². The first kappa shape index (κ1) is 30.0. The van der Waals surface area contributed by atoms with Gasteiger partial charge in [-0.25, -0.2) is 23.0 Å². The molecule has 4 rings (SSSR count). The van der Waals surface area contributed by atoms with Crippen LogP contribution >= 0.6 is 11.8 Å². The number of rotatable bonds is 11. The van der Waals surface area contributed by atoms with Crippen molar-refractivity contribution in [3.8, 4) is 5.75 Å². The first-order valence-electron chi connectivity index (χ1n) is 12.9. The number of aromatic nitrogens is 1. The molecule has 0 radical (unpaired) electrons. The molecule has 40 heavy (non-hydrogen) atoms. The molecule has 2 aromatic carbocycles. The second kappa shape index (κ2) is 13.2. The van der Waals surface area contributed by atoms with Crippen LogP contribution in [0.1, 0.15) is 43.0 Å². The summed E-state index contributed by atoms with van der Waals surface area (Å²) in [6, 6.07) is 7.15. The quantitative estimate of drug-likeness (QED) is 0.0932. The monoisotopic (exact) mass is 580 g/mol. The number of alkyl halides is 1. The van der Waals surface area contributed by atoms with Gasteiger partial charge in [-0.2, -0.15) is 0 Å². The summed E-state index contributed by atoms with van der Waals surface area (Å²) in [4.78, 5) is 19.6. The van der Waals surface area contributed by atoms with Crippen molar-refractivity contribution in [2.24, 2.45) is 11.1 Å². The van der Waals surface area contributed by atoms with E-state index in [2.05, 4.69) is 9.88 Å². The summed E-state index contributed by atoms with van der Waals surface area (Å²) >= 11 is 1.20. The first-order chi connectivity index (χ1) is 19.2. The van der Waals surface area contributed by atoms with Gasteiger partial charge in [0.25, 0.3) is 0 Å². The van der Waals surface area contributed by atoms with Crippen LogP contribution in [-0.4, -0.2) is 53.5 Å². The van der Waals surface area contributed by atoms with Crippen LogP contribution in [0, 0.1) is 22.9 Å². The third-order valence-corrected chi connectivity index (χ3v) is 8.59. The van der Waals surface area contributed by atoms with E-state index in [-0.39, 0.29) is 24.3 Å². The lowest BCUT2D eigenvalue weighted by Gasteiger charge is -2.40. The molecule has 1 unspecified atom stereocenters. The highest BCUT2D eigenvalue weighted by Crippen LogP contribution is 2.41. The molecular weight excluding hydrogens is 548 g/mol. The molecule has 7 nitrogen and oxygen atoms in total. The number of piperidine rings is 1. The molecule has 1 aliphatic heterocycles. The van der Waals surface area contributed by atoms with Crippen LogP contribution in [0.15, 0.2) is 41.4 Å². The van der Waals surface area contributed by atoms with E-state index in [9.17, 15) is 23.2 Å². The van der Waals surface area contributed by atoms with Gasteiger partial charge in [0.05, 0.1) is 18.0 Å². The van der Waals surface area contributed by atoms with Crippen molar-refractivity contribution in [2.45, 2.75) is 43.3 Å². The van der Waals surface area contributed by atoms with Gasteiger partial charge in [-0.05, 0) is 74.7 Å². The van der Waals surface area contributed by atoms with E-state index in [1.165, 1.54) is 18.9 Å². The third kappa shape index (κ3) is 6.51. The fraction of sp³-hybridized carbons (Fsp3) is 0.429. The van der Waals surface area contributed by atoms with Crippen molar-refractivity contribution in [3.63, 3.8) is 0 Å². The Balaban J connectivity index is 1.41. The number of thioether (sulfide) groups is 1. The summed E-state index contributed by atoms with van der Waals surface area (Å²) in [5.41, 5.74) is 8.31. The van der Waals surface area contributed by atoms with Gasteiger partial charge in [-0.3, -0.25) is 15.0 Å². The van der Waals surface area contributed by atoms with Crippen molar-refractivity contribution in [1.82, 2.24) is 15.4 Å². The predicted molar refractivity (Wildman–Crippen MR) is 144 cm³/mol. The van der Waals surface area contributed by atoms with Gasteiger partial charge in [0, 0.05) is 40.9 Å². The van der Waals surface area contributed by atoms with E-state index in [4.69, 9.17) is 10.5 Å². The number of carbonyl (C=O) groups is 1. The number of carbonyl (C=O) groups excluding carboxylic acids is 1. The number of hydrogen-bond acceptors (Lipinski definition) is 7. The number of nitrogens with zero attached hydrogens (tertiary/aromatic N) is 2. The van der Waals surface area contributed by atoms with E-state index in [0.29, 0.717) is 66.0 Å². The van der Waals surface area contributed by atoms with Crippen LogP contribution in [0.3, 0.4) is 0 Å². The number of halogens is 4. The lowest BCUT2D eigenvalue weighted by molar-refractivity contribution is -0.143. The van der Waals surface area contributed by atoms with Crippen molar-refractivity contribution in [2.75, 3.05) is 32.5 Å². The number of nitrogens with one attached hydrogen (secondary N) is 1. The van der Waals surface area contributed by atoms with Gasteiger partial charge in [0.2, 0.25) is 5.91 Å². The number of amides is 1. The normalized spacial score (nSPS) is 16.2. The van der Waals surface area contributed by atoms with Crippen LogP contribution in [0.2, 0.25) is 0 Å². The molecule has 216 valence electrons. The molecule has 1 atom stereocenters. The standard InChI is InChI=1S/C28H32F4N4O3S/c1-39-18-2-3-24-20(12-18)25(17(15-33)16-34-24)21(29)4-5-28(27(37)35-38)6-8-36(9-7-28)10-11-40-19-13-22(30)26(32)23(31)14-19/h2-3,12-14,16,21,38H,4-11,15,33H2,1H3,(H,35,37). The Kier molecular flexibility index (Phi) is 9.88.